The number of nitrogens with zero attached hydrogens (tertiary/aromatic N) is 1. The van der Waals surface area contributed by atoms with Crippen LogP contribution in [-0.4, -0.2) is 42.6 Å². The Balaban J connectivity index is 1.88. The minimum absolute atomic E-state index is 0.113. The summed E-state index contributed by atoms with van der Waals surface area (Å²) < 4.78 is 5.21. The molecule has 2 N–H and O–H groups in total. The Morgan fingerprint density at radius 3 is 2.58 bits per heavy atom. The molecule has 0 spiro atoms. The molecule has 2 aliphatic rings. The molecule has 2 saturated heterocycles. The number of ether oxygens (including phenoxy) is 1. The fourth-order valence-electron chi connectivity index (χ4n) is 1.81. The van der Waals surface area contributed by atoms with Crippen molar-refractivity contribution >= 4 is 5.91 Å². The zero-order valence-corrected chi connectivity index (χ0v) is 7.03. The molecule has 0 aromatic heterocycles. The van der Waals surface area contributed by atoms with Crippen molar-refractivity contribution < 1.29 is 9.53 Å². The Morgan fingerprint density at radius 2 is 2.08 bits per heavy atom. The molecule has 0 radical (unpaired) electrons. The van der Waals surface area contributed by atoms with Gasteiger partial charge in [0.25, 0.3) is 0 Å². The van der Waals surface area contributed by atoms with Gasteiger partial charge < -0.3 is 15.4 Å². The molecule has 0 bridgehead atoms. The number of hydrogen-bond donors (Lipinski definition) is 1. The van der Waals surface area contributed by atoms with Gasteiger partial charge in [-0.2, -0.15) is 0 Å². The molecule has 2 rings (SSSR count). The van der Waals surface area contributed by atoms with E-state index in [4.69, 9.17) is 10.5 Å². The van der Waals surface area contributed by atoms with Gasteiger partial charge in [-0.3, -0.25) is 4.79 Å². The first-order valence-electron chi connectivity index (χ1n) is 4.43. The first-order valence-corrected chi connectivity index (χ1v) is 4.43. The Bertz CT molecular complexity index is 189. The van der Waals surface area contributed by atoms with Crippen molar-refractivity contribution in [3.63, 3.8) is 0 Å². The Kier molecular flexibility index (Phi) is 2.02. The van der Waals surface area contributed by atoms with Gasteiger partial charge in [-0.1, -0.05) is 0 Å². The summed E-state index contributed by atoms with van der Waals surface area (Å²) in [6.45, 7) is 2.30. The van der Waals surface area contributed by atoms with E-state index in [-0.39, 0.29) is 11.9 Å². The molecule has 2 aliphatic heterocycles. The SMILES string of the molecule is NC1CN(C2CCOCC2)C1=O. The van der Waals surface area contributed by atoms with Crippen molar-refractivity contribution in [1.82, 2.24) is 4.90 Å². The number of nitrogens with two attached hydrogens (primary N) is 1. The quantitative estimate of drug-likeness (QED) is 0.531. The van der Waals surface area contributed by atoms with E-state index in [1.807, 2.05) is 4.90 Å². The lowest BCUT2D eigenvalue weighted by Gasteiger charge is -2.43. The second kappa shape index (κ2) is 3.03. The summed E-state index contributed by atoms with van der Waals surface area (Å²) >= 11 is 0. The zero-order chi connectivity index (χ0) is 8.55. The van der Waals surface area contributed by atoms with Crippen LogP contribution in [0.3, 0.4) is 0 Å². The number of amides is 1. The smallest absolute Gasteiger partial charge is 0.241 e. The van der Waals surface area contributed by atoms with Crippen molar-refractivity contribution in [2.24, 2.45) is 5.73 Å². The first kappa shape index (κ1) is 8.01. The van der Waals surface area contributed by atoms with E-state index >= 15 is 0 Å². The van der Waals surface area contributed by atoms with Gasteiger partial charge >= 0.3 is 0 Å². The molecule has 1 amide bonds. The van der Waals surface area contributed by atoms with Crippen molar-refractivity contribution in [3.8, 4) is 0 Å². The van der Waals surface area contributed by atoms with E-state index in [9.17, 15) is 4.79 Å². The predicted octanol–water partition coefficient (Wildman–Crippen LogP) is -0.665. The van der Waals surface area contributed by atoms with Crippen LogP contribution in [0.2, 0.25) is 0 Å². The largest absolute Gasteiger partial charge is 0.381 e. The highest BCUT2D eigenvalue weighted by Crippen LogP contribution is 2.20. The Labute approximate surface area is 71.7 Å². The lowest BCUT2D eigenvalue weighted by Crippen LogP contribution is -2.64. The van der Waals surface area contributed by atoms with Crippen molar-refractivity contribution in [2.75, 3.05) is 19.8 Å². The molecule has 1 unspecified atom stereocenters. The Hall–Kier alpha value is -0.610. The highest BCUT2D eigenvalue weighted by atomic mass is 16.5. The standard InChI is InChI=1S/C8H14N2O2/c9-7-5-10(8(7)11)6-1-3-12-4-2-6/h6-7H,1-5,9H2. The van der Waals surface area contributed by atoms with Gasteiger partial charge in [-0.05, 0) is 12.8 Å². The molecule has 4 heteroatoms. The third-order valence-electron chi connectivity index (χ3n) is 2.63. The van der Waals surface area contributed by atoms with E-state index in [2.05, 4.69) is 0 Å². The van der Waals surface area contributed by atoms with Gasteiger partial charge in [0, 0.05) is 25.8 Å². The molecule has 0 saturated carbocycles. The summed E-state index contributed by atoms with van der Waals surface area (Å²) in [5.74, 6) is 0.113. The third-order valence-corrected chi connectivity index (χ3v) is 2.63. The maximum atomic E-state index is 11.2. The normalized spacial score (nSPS) is 31.9. The highest BCUT2D eigenvalue weighted by Gasteiger charge is 2.38. The molecule has 68 valence electrons. The number of carbonyl (C=O) groups is 1. The van der Waals surface area contributed by atoms with Crippen LogP contribution in [0.4, 0.5) is 0 Å². The van der Waals surface area contributed by atoms with Crippen molar-refractivity contribution in [3.05, 3.63) is 0 Å². The van der Waals surface area contributed by atoms with Gasteiger partial charge in [0.1, 0.15) is 6.04 Å². The van der Waals surface area contributed by atoms with Crippen molar-refractivity contribution in [1.29, 1.82) is 0 Å². The number of β-lactam (4-membered cyclic amide) rings is 1. The maximum absolute atomic E-state index is 11.2. The van der Waals surface area contributed by atoms with Gasteiger partial charge in [0.05, 0.1) is 0 Å². The van der Waals surface area contributed by atoms with Crippen LogP contribution < -0.4 is 5.73 Å². The summed E-state index contributed by atoms with van der Waals surface area (Å²) in [7, 11) is 0. The van der Waals surface area contributed by atoms with E-state index < -0.39 is 0 Å². The summed E-state index contributed by atoms with van der Waals surface area (Å²) in [5, 5.41) is 0. The van der Waals surface area contributed by atoms with E-state index in [0.717, 1.165) is 32.6 Å². The summed E-state index contributed by atoms with van der Waals surface area (Å²) in [5.41, 5.74) is 5.50. The average Bonchev–Trinajstić information content (AvgIpc) is 2.15. The fourth-order valence-corrected chi connectivity index (χ4v) is 1.81. The molecule has 12 heavy (non-hydrogen) atoms. The highest BCUT2D eigenvalue weighted by molar-refractivity contribution is 5.87. The summed E-state index contributed by atoms with van der Waals surface area (Å²) in [6, 6.07) is 0.166. The second-order valence-electron chi connectivity index (χ2n) is 3.44. The molecule has 0 aliphatic carbocycles. The van der Waals surface area contributed by atoms with Gasteiger partial charge in [-0.15, -0.1) is 0 Å². The van der Waals surface area contributed by atoms with E-state index in [1.165, 1.54) is 0 Å². The minimum Gasteiger partial charge on any atom is -0.381 e. The number of rotatable bonds is 1. The fraction of sp³-hybridized carbons (Fsp3) is 0.875. The molecule has 2 fully saturated rings. The van der Waals surface area contributed by atoms with Gasteiger partial charge in [-0.25, -0.2) is 0 Å². The molecular weight excluding hydrogens is 156 g/mol. The van der Waals surface area contributed by atoms with E-state index in [0.29, 0.717) is 6.04 Å². The number of hydrogen-bond acceptors (Lipinski definition) is 3. The summed E-state index contributed by atoms with van der Waals surface area (Å²) in [6.07, 6.45) is 1.94. The predicted molar refractivity (Wildman–Crippen MR) is 43.5 cm³/mol. The third kappa shape index (κ3) is 1.21. The van der Waals surface area contributed by atoms with Crippen LogP contribution in [0.15, 0.2) is 0 Å². The van der Waals surface area contributed by atoms with Gasteiger partial charge in [0.2, 0.25) is 5.91 Å². The van der Waals surface area contributed by atoms with Crippen LogP contribution >= 0.6 is 0 Å². The number of carbonyl (C=O) groups excluding carboxylic acids is 1. The second-order valence-corrected chi connectivity index (χ2v) is 3.44. The van der Waals surface area contributed by atoms with Crippen LogP contribution in [0, 0.1) is 0 Å². The molecular formula is C8H14N2O2. The number of likely N-dealkylation sites (tertiary alicyclic amines) is 1. The maximum Gasteiger partial charge on any atom is 0.241 e. The molecule has 0 aromatic rings. The van der Waals surface area contributed by atoms with Crippen LogP contribution in [-0.2, 0) is 9.53 Å². The van der Waals surface area contributed by atoms with Crippen LogP contribution in [0.25, 0.3) is 0 Å². The van der Waals surface area contributed by atoms with Crippen LogP contribution in [0.5, 0.6) is 0 Å². The van der Waals surface area contributed by atoms with Crippen molar-refractivity contribution in [2.45, 2.75) is 24.9 Å². The lowest BCUT2D eigenvalue weighted by molar-refractivity contribution is -0.148. The first-order chi connectivity index (χ1) is 5.79. The molecule has 1 atom stereocenters. The van der Waals surface area contributed by atoms with Gasteiger partial charge in [0.15, 0.2) is 0 Å². The molecule has 2 heterocycles. The minimum atomic E-state index is -0.229. The van der Waals surface area contributed by atoms with E-state index in [1.54, 1.807) is 0 Å². The monoisotopic (exact) mass is 170 g/mol. The topological polar surface area (TPSA) is 55.6 Å². The van der Waals surface area contributed by atoms with Crippen LogP contribution in [0.1, 0.15) is 12.8 Å². The average molecular weight is 170 g/mol. The molecule has 4 nitrogen and oxygen atoms in total. The summed E-state index contributed by atoms with van der Waals surface area (Å²) in [4.78, 5) is 13.1. The lowest BCUT2D eigenvalue weighted by atomic mass is 10.00. The Morgan fingerprint density at radius 1 is 1.42 bits per heavy atom. The molecule has 0 aromatic carbocycles. The zero-order valence-electron chi connectivity index (χ0n) is 7.03.